The Hall–Kier alpha value is -3.30. The Kier molecular flexibility index (Phi) is 5.24. The smallest absolute Gasteiger partial charge is 0.263 e. The van der Waals surface area contributed by atoms with Crippen molar-refractivity contribution < 1.29 is 14.4 Å². The van der Waals surface area contributed by atoms with Crippen LogP contribution in [0.25, 0.3) is 17.0 Å². The lowest BCUT2D eigenvalue weighted by molar-refractivity contribution is -0.123. The van der Waals surface area contributed by atoms with Gasteiger partial charge in [0.15, 0.2) is 5.11 Å². The molecule has 1 aromatic carbocycles. The average Bonchev–Trinajstić information content (AvgIpc) is 3.32. The summed E-state index contributed by atoms with van der Waals surface area (Å²) < 4.78 is 1.80. The summed E-state index contributed by atoms with van der Waals surface area (Å²) in [6.45, 7) is 0.602. The van der Waals surface area contributed by atoms with Crippen molar-refractivity contribution in [3.05, 3.63) is 64.0 Å². The first-order valence-corrected chi connectivity index (χ1v) is 10.1. The van der Waals surface area contributed by atoms with Crippen LogP contribution in [0.4, 0.5) is 0 Å². The van der Waals surface area contributed by atoms with Gasteiger partial charge in [0.1, 0.15) is 12.1 Å². The molecule has 7 nitrogen and oxygen atoms in total. The number of carbonyl (C=O) groups is 3. The zero-order valence-corrected chi connectivity index (χ0v) is 16.7. The monoisotopic (exact) mass is 424 g/mol. The Labute approximate surface area is 175 Å². The molecule has 146 valence electrons. The Morgan fingerprint density at radius 1 is 1.14 bits per heavy atom. The maximum atomic E-state index is 12.4. The molecule has 29 heavy (non-hydrogen) atoms. The van der Waals surface area contributed by atoms with E-state index in [9.17, 15) is 14.4 Å². The Balaban J connectivity index is 1.61. The van der Waals surface area contributed by atoms with E-state index in [4.69, 9.17) is 12.2 Å². The number of rotatable bonds is 5. The van der Waals surface area contributed by atoms with E-state index < -0.39 is 11.8 Å². The summed E-state index contributed by atoms with van der Waals surface area (Å²) >= 11 is 6.41. The molecule has 0 unspecified atom stereocenters. The lowest BCUT2D eigenvalue weighted by atomic mass is 10.1. The highest BCUT2D eigenvalue weighted by atomic mass is 32.1. The minimum absolute atomic E-state index is 0.0120. The van der Waals surface area contributed by atoms with Gasteiger partial charge in [-0.15, -0.1) is 11.3 Å². The highest BCUT2D eigenvalue weighted by Gasteiger charge is 2.26. The quantitative estimate of drug-likeness (QED) is 0.332. The van der Waals surface area contributed by atoms with Crippen LogP contribution in [-0.4, -0.2) is 27.4 Å². The minimum atomic E-state index is -0.552. The van der Waals surface area contributed by atoms with Crippen molar-refractivity contribution in [1.29, 1.82) is 0 Å². The van der Waals surface area contributed by atoms with E-state index in [0.29, 0.717) is 12.1 Å². The van der Waals surface area contributed by atoms with Gasteiger partial charge in [-0.25, -0.2) is 0 Å². The zero-order valence-electron chi connectivity index (χ0n) is 15.1. The van der Waals surface area contributed by atoms with Crippen molar-refractivity contribution in [2.24, 2.45) is 0 Å². The number of carbonyl (C=O) groups excluding carboxylic acids is 3. The molecule has 3 aromatic rings. The molecule has 4 rings (SSSR count). The van der Waals surface area contributed by atoms with Crippen molar-refractivity contribution in [1.82, 2.24) is 20.5 Å². The molecule has 0 spiro atoms. The third kappa shape index (κ3) is 4.10. The average molecular weight is 425 g/mol. The van der Waals surface area contributed by atoms with E-state index in [0.717, 1.165) is 15.8 Å². The maximum absolute atomic E-state index is 12.4. The van der Waals surface area contributed by atoms with Crippen LogP contribution in [0.5, 0.6) is 0 Å². The van der Waals surface area contributed by atoms with Gasteiger partial charge in [0, 0.05) is 27.5 Å². The number of amides is 3. The molecule has 1 aliphatic heterocycles. The van der Waals surface area contributed by atoms with E-state index in [2.05, 4.69) is 16.0 Å². The standard InChI is InChI=1S/C20H16N4O3S2/c25-17(21-9-13-4-3-7-29-13)11-24-10-12(14-5-1-2-6-16(14)24)8-15-18(26)22-20(28)23-19(15)27/h1-8,10H,9,11H2,(H,21,25)(H2,22,23,26,27,28). The maximum Gasteiger partial charge on any atom is 0.263 e. The van der Waals surface area contributed by atoms with Gasteiger partial charge in [-0.05, 0) is 35.8 Å². The molecule has 0 saturated carbocycles. The summed E-state index contributed by atoms with van der Waals surface area (Å²) in [6.07, 6.45) is 3.27. The molecule has 3 N–H and O–H groups in total. The SMILES string of the molecule is O=C(Cn1cc(C=C2C(=O)NC(=S)NC2=O)c2ccccc21)NCc1cccs1. The number of thiocarbonyl (C=S) groups is 1. The molecule has 1 saturated heterocycles. The lowest BCUT2D eigenvalue weighted by Gasteiger charge is -2.16. The topological polar surface area (TPSA) is 92.2 Å². The number of benzene rings is 1. The van der Waals surface area contributed by atoms with Crippen LogP contribution in [0.3, 0.4) is 0 Å². The fourth-order valence-corrected chi connectivity index (χ4v) is 3.92. The summed E-state index contributed by atoms with van der Waals surface area (Å²) in [4.78, 5) is 37.8. The van der Waals surface area contributed by atoms with Gasteiger partial charge in [0.25, 0.3) is 11.8 Å². The number of nitrogens with zero attached hydrogens (tertiary/aromatic N) is 1. The molecule has 0 radical (unpaired) electrons. The number of aromatic nitrogens is 1. The molecular weight excluding hydrogens is 408 g/mol. The summed E-state index contributed by atoms with van der Waals surface area (Å²) in [5, 5.41) is 10.5. The summed E-state index contributed by atoms with van der Waals surface area (Å²) in [5.74, 6) is -1.23. The van der Waals surface area contributed by atoms with Crippen LogP contribution in [0.2, 0.25) is 0 Å². The summed E-state index contributed by atoms with van der Waals surface area (Å²) in [6, 6.07) is 11.4. The Morgan fingerprint density at radius 2 is 1.90 bits per heavy atom. The number of hydrogen-bond acceptors (Lipinski definition) is 5. The van der Waals surface area contributed by atoms with E-state index in [-0.39, 0.29) is 23.1 Å². The number of hydrogen-bond donors (Lipinski definition) is 3. The predicted molar refractivity (Wildman–Crippen MR) is 115 cm³/mol. The highest BCUT2D eigenvalue weighted by Crippen LogP contribution is 2.24. The molecule has 3 heterocycles. The molecule has 2 aromatic heterocycles. The fourth-order valence-electron chi connectivity index (χ4n) is 3.09. The molecule has 0 bridgehead atoms. The second-order valence-electron chi connectivity index (χ2n) is 6.38. The minimum Gasteiger partial charge on any atom is -0.350 e. The molecule has 9 heteroatoms. The van der Waals surface area contributed by atoms with Crippen LogP contribution >= 0.6 is 23.6 Å². The van der Waals surface area contributed by atoms with E-state index in [1.807, 2.05) is 41.8 Å². The van der Waals surface area contributed by atoms with Crippen LogP contribution < -0.4 is 16.0 Å². The second kappa shape index (κ2) is 7.98. The molecule has 1 fully saturated rings. The summed E-state index contributed by atoms with van der Waals surface area (Å²) in [7, 11) is 0. The number of nitrogens with one attached hydrogen (secondary N) is 3. The van der Waals surface area contributed by atoms with Gasteiger partial charge in [-0.2, -0.15) is 0 Å². The van der Waals surface area contributed by atoms with Crippen molar-refractivity contribution in [3.8, 4) is 0 Å². The predicted octanol–water partition coefficient (Wildman–Crippen LogP) is 1.93. The first-order chi connectivity index (χ1) is 14.0. The van der Waals surface area contributed by atoms with Crippen LogP contribution in [-0.2, 0) is 27.5 Å². The third-order valence-electron chi connectivity index (χ3n) is 4.42. The van der Waals surface area contributed by atoms with Gasteiger partial charge in [0.05, 0.1) is 6.54 Å². The van der Waals surface area contributed by atoms with Gasteiger partial charge in [-0.3, -0.25) is 25.0 Å². The first-order valence-electron chi connectivity index (χ1n) is 8.76. The Bertz CT molecular complexity index is 1140. The van der Waals surface area contributed by atoms with Crippen molar-refractivity contribution >= 4 is 63.4 Å². The van der Waals surface area contributed by atoms with Crippen LogP contribution in [0.1, 0.15) is 10.4 Å². The van der Waals surface area contributed by atoms with Gasteiger partial charge in [-0.1, -0.05) is 24.3 Å². The van der Waals surface area contributed by atoms with Crippen LogP contribution in [0.15, 0.2) is 53.5 Å². The van der Waals surface area contributed by atoms with E-state index in [1.54, 1.807) is 22.1 Å². The molecule has 3 amide bonds. The number of para-hydroxylation sites is 1. The Morgan fingerprint density at radius 3 is 2.62 bits per heavy atom. The van der Waals surface area contributed by atoms with Crippen molar-refractivity contribution in [3.63, 3.8) is 0 Å². The van der Waals surface area contributed by atoms with E-state index >= 15 is 0 Å². The normalized spacial score (nSPS) is 13.9. The van der Waals surface area contributed by atoms with Crippen molar-refractivity contribution in [2.45, 2.75) is 13.1 Å². The van der Waals surface area contributed by atoms with E-state index in [1.165, 1.54) is 6.08 Å². The number of fused-ring (bicyclic) bond motifs is 1. The molecule has 0 aliphatic carbocycles. The molecule has 1 aliphatic rings. The molecule has 0 atom stereocenters. The zero-order chi connectivity index (χ0) is 20.4. The fraction of sp³-hybridized carbons (Fsp3) is 0.100. The second-order valence-corrected chi connectivity index (χ2v) is 7.82. The lowest BCUT2D eigenvalue weighted by Crippen LogP contribution is -2.51. The van der Waals surface area contributed by atoms with Gasteiger partial charge < -0.3 is 9.88 Å². The summed E-state index contributed by atoms with van der Waals surface area (Å²) in [5.41, 5.74) is 1.46. The number of thiophene rings is 1. The van der Waals surface area contributed by atoms with Gasteiger partial charge in [0.2, 0.25) is 5.91 Å². The first kappa shape index (κ1) is 19.0. The van der Waals surface area contributed by atoms with Gasteiger partial charge >= 0.3 is 0 Å². The largest absolute Gasteiger partial charge is 0.350 e. The third-order valence-corrected chi connectivity index (χ3v) is 5.50. The van der Waals surface area contributed by atoms with Crippen molar-refractivity contribution in [2.75, 3.05) is 0 Å². The van der Waals surface area contributed by atoms with Crippen LogP contribution in [0, 0.1) is 0 Å². The highest BCUT2D eigenvalue weighted by molar-refractivity contribution is 7.80. The molecular formula is C20H16N4O3S2.